The molecule has 48 heavy (non-hydrogen) atoms. The van der Waals surface area contributed by atoms with Crippen LogP contribution in [0.3, 0.4) is 0 Å². The van der Waals surface area contributed by atoms with Gasteiger partial charge in [-0.3, -0.25) is 19.4 Å². The number of methoxy groups -OCH3 is 1. The van der Waals surface area contributed by atoms with Crippen molar-refractivity contribution < 1.29 is 23.1 Å². The number of hydrogen-bond acceptors (Lipinski definition) is 11. The number of nitrogens with zero attached hydrogens (tertiary/aromatic N) is 7. The first-order valence-corrected chi connectivity index (χ1v) is 16.6. The Morgan fingerprint density at radius 1 is 0.917 bits per heavy atom. The van der Waals surface area contributed by atoms with E-state index in [-0.39, 0.29) is 17.8 Å². The molecule has 1 atom stereocenters. The highest BCUT2D eigenvalue weighted by Crippen LogP contribution is 2.40. The Kier molecular flexibility index (Phi) is 9.37. The van der Waals surface area contributed by atoms with E-state index in [4.69, 9.17) is 9.57 Å². The highest BCUT2D eigenvalue weighted by atomic mass is 19.1. The first kappa shape index (κ1) is 32.2. The topological polar surface area (TPSA) is 111 Å². The fourth-order valence-electron chi connectivity index (χ4n) is 7.07. The van der Waals surface area contributed by atoms with Crippen LogP contribution in [-0.2, 0) is 9.63 Å². The van der Waals surface area contributed by atoms with E-state index in [1.807, 2.05) is 6.07 Å². The highest BCUT2D eigenvalue weighted by molar-refractivity contribution is 6.02. The molecule has 1 aromatic heterocycles. The minimum atomic E-state index is -0.670. The Labute approximate surface area is 278 Å². The molecule has 12 nitrogen and oxygen atoms in total. The van der Waals surface area contributed by atoms with Gasteiger partial charge in [0.2, 0.25) is 11.9 Å². The zero-order valence-electron chi connectivity index (χ0n) is 27.1. The first-order chi connectivity index (χ1) is 23.4. The number of carbonyl (C=O) groups is 1. The maximum atomic E-state index is 14.0. The van der Waals surface area contributed by atoms with Crippen LogP contribution in [0.5, 0.6) is 5.75 Å². The van der Waals surface area contributed by atoms with Crippen LogP contribution in [0.25, 0.3) is 0 Å². The Bertz CT molecular complexity index is 1620. The smallest absolute Gasteiger partial charge is 0.255 e. The lowest BCUT2D eigenvalue weighted by Gasteiger charge is -2.43. The SMILES string of the molecule is C=CC(=O)Nc1cc(Nc2ncnc(N3OCCC3c3cc(F)cc(F)c3)n2)c(OC)cc1N1CCC(N2CCN(C3CC3)CC2)CC1. The monoisotopic (exact) mass is 661 g/mol. The molecule has 0 bridgehead atoms. The third-order valence-corrected chi connectivity index (χ3v) is 9.67. The maximum Gasteiger partial charge on any atom is 0.255 e. The molecule has 14 heteroatoms. The molecule has 4 fully saturated rings. The number of carbonyl (C=O) groups excluding carboxylic acids is 1. The summed E-state index contributed by atoms with van der Waals surface area (Å²) < 4.78 is 33.8. The molecule has 0 radical (unpaired) electrons. The first-order valence-electron chi connectivity index (χ1n) is 16.6. The number of anilines is 5. The van der Waals surface area contributed by atoms with E-state index in [1.54, 1.807) is 13.2 Å². The van der Waals surface area contributed by atoms with Crippen LogP contribution in [-0.4, -0.2) is 95.7 Å². The van der Waals surface area contributed by atoms with Crippen LogP contribution < -0.4 is 25.3 Å². The summed E-state index contributed by atoms with van der Waals surface area (Å²) >= 11 is 0. The summed E-state index contributed by atoms with van der Waals surface area (Å²) in [6.07, 6.45) is 7.84. The number of nitrogens with one attached hydrogen (secondary N) is 2. The van der Waals surface area contributed by atoms with Crippen LogP contribution in [0.15, 0.2) is 49.3 Å². The van der Waals surface area contributed by atoms with E-state index >= 15 is 0 Å². The summed E-state index contributed by atoms with van der Waals surface area (Å²) in [7, 11) is 1.58. The normalized spacial score (nSPS) is 20.9. The Hall–Kier alpha value is -4.40. The lowest BCUT2D eigenvalue weighted by molar-refractivity contribution is -0.111. The van der Waals surface area contributed by atoms with Crippen molar-refractivity contribution >= 4 is 34.9 Å². The standard InChI is InChI=1S/C34H41F2N9O3/c1-3-32(46)39-27-19-28(40-33-37-21-38-34(41-33)45-29(8-15-48-45)22-16-23(35)18-24(36)17-22)31(47-2)20-30(27)44-9-6-26(7-10-44)43-13-11-42(12-14-43)25-4-5-25/h3,16-21,25-26,29H,1,4-15H2,2H3,(H,39,46)(H,37,38,40,41). The van der Waals surface area contributed by atoms with Crippen LogP contribution >= 0.6 is 0 Å². The number of piperidine rings is 1. The number of benzene rings is 2. The van der Waals surface area contributed by atoms with E-state index in [0.29, 0.717) is 41.8 Å². The summed E-state index contributed by atoms with van der Waals surface area (Å²) in [6, 6.07) is 7.98. The lowest BCUT2D eigenvalue weighted by Crippen LogP contribution is -2.53. The van der Waals surface area contributed by atoms with Crippen LogP contribution in [0.1, 0.15) is 43.7 Å². The number of aromatic nitrogens is 3. The number of piperazine rings is 1. The Morgan fingerprint density at radius 2 is 1.60 bits per heavy atom. The van der Waals surface area contributed by atoms with Crippen LogP contribution in [0.4, 0.5) is 37.7 Å². The molecule has 3 aromatic rings. The minimum Gasteiger partial charge on any atom is -0.494 e. The molecule has 4 aliphatic rings. The quantitative estimate of drug-likeness (QED) is 0.296. The summed E-state index contributed by atoms with van der Waals surface area (Å²) in [5, 5.41) is 7.60. The van der Waals surface area contributed by atoms with Gasteiger partial charge >= 0.3 is 0 Å². The van der Waals surface area contributed by atoms with Crippen molar-refractivity contribution in [3.8, 4) is 5.75 Å². The average molecular weight is 662 g/mol. The number of amides is 1. The fourth-order valence-corrected chi connectivity index (χ4v) is 7.07. The Balaban J connectivity index is 1.08. The number of rotatable bonds is 10. The number of hydrogen-bond donors (Lipinski definition) is 2. The molecule has 7 rings (SSSR count). The number of hydroxylamine groups is 1. The molecule has 2 N–H and O–H groups in total. The third kappa shape index (κ3) is 7.05. The summed E-state index contributed by atoms with van der Waals surface area (Å²) in [5.74, 6) is -0.772. The van der Waals surface area contributed by atoms with Crippen molar-refractivity contribution in [3.63, 3.8) is 0 Å². The van der Waals surface area contributed by atoms with Crippen molar-refractivity contribution in [1.82, 2.24) is 24.8 Å². The lowest BCUT2D eigenvalue weighted by atomic mass is 10.0. The minimum absolute atomic E-state index is 0.173. The molecule has 4 heterocycles. The number of halogens is 2. The molecular weight excluding hydrogens is 620 g/mol. The van der Waals surface area contributed by atoms with Crippen molar-refractivity contribution in [1.29, 1.82) is 0 Å². The molecule has 1 saturated carbocycles. The van der Waals surface area contributed by atoms with Gasteiger partial charge in [0.15, 0.2) is 0 Å². The Morgan fingerprint density at radius 3 is 2.25 bits per heavy atom. The zero-order chi connectivity index (χ0) is 33.2. The molecule has 3 aliphatic heterocycles. The van der Waals surface area contributed by atoms with Gasteiger partial charge < -0.3 is 20.3 Å². The molecule has 3 saturated heterocycles. The van der Waals surface area contributed by atoms with Gasteiger partial charge in [0.05, 0.1) is 36.8 Å². The van der Waals surface area contributed by atoms with E-state index in [1.165, 1.54) is 42.4 Å². The van der Waals surface area contributed by atoms with E-state index < -0.39 is 17.7 Å². The van der Waals surface area contributed by atoms with E-state index in [0.717, 1.165) is 69.9 Å². The van der Waals surface area contributed by atoms with Gasteiger partial charge in [-0.15, -0.1) is 0 Å². The van der Waals surface area contributed by atoms with Gasteiger partial charge in [-0.1, -0.05) is 6.58 Å². The molecule has 0 spiro atoms. The van der Waals surface area contributed by atoms with Crippen molar-refractivity contribution in [3.05, 3.63) is 66.5 Å². The van der Waals surface area contributed by atoms with Gasteiger partial charge in [0.25, 0.3) is 5.95 Å². The van der Waals surface area contributed by atoms with Gasteiger partial charge in [0.1, 0.15) is 23.7 Å². The predicted octanol–water partition coefficient (Wildman–Crippen LogP) is 4.66. The molecule has 1 aliphatic carbocycles. The summed E-state index contributed by atoms with van der Waals surface area (Å²) in [6.45, 7) is 10.2. The second-order valence-corrected chi connectivity index (χ2v) is 12.7. The molecule has 1 unspecified atom stereocenters. The van der Waals surface area contributed by atoms with Crippen LogP contribution in [0.2, 0.25) is 0 Å². The van der Waals surface area contributed by atoms with Crippen molar-refractivity contribution in [2.24, 2.45) is 0 Å². The number of ether oxygens (including phenoxy) is 1. The molecule has 254 valence electrons. The average Bonchev–Trinajstić information content (AvgIpc) is 3.83. The van der Waals surface area contributed by atoms with Gasteiger partial charge in [-0.2, -0.15) is 9.97 Å². The largest absolute Gasteiger partial charge is 0.494 e. The predicted molar refractivity (Wildman–Crippen MR) is 178 cm³/mol. The fraction of sp³-hybridized carbons (Fsp3) is 0.471. The van der Waals surface area contributed by atoms with Gasteiger partial charge in [-0.25, -0.2) is 18.8 Å². The van der Waals surface area contributed by atoms with Crippen LogP contribution in [0, 0.1) is 11.6 Å². The molecule has 1 amide bonds. The van der Waals surface area contributed by atoms with Crippen molar-refractivity contribution in [2.45, 2.75) is 50.2 Å². The zero-order valence-corrected chi connectivity index (χ0v) is 27.1. The van der Waals surface area contributed by atoms with E-state index in [9.17, 15) is 13.6 Å². The van der Waals surface area contributed by atoms with Gasteiger partial charge in [0, 0.05) is 69.9 Å². The second kappa shape index (κ2) is 14.0. The molecule has 2 aromatic carbocycles. The second-order valence-electron chi connectivity index (χ2n) is 12.7. The summed E-state index contributed by atoms with van der Waals surface area (Å²) in [4.78, 5) is 39.0. The molecular formula is C34H41F2N9O3. The van der Waals surface area contributed by atoms with Crippen molar-refractivity contribution in [2.75, 3.05) is 73.6 Å². The maximum absolute atomic E-state index is 14.0. The summed E-state index contributed by atoms with van der Waals surface area (Å²) in [5.41, 5.74) is 2.40. The van der Waals surface area contributed by atoms with E-state index in [2.05, 4.69) is 46.9 Å². The highest BCUT2D eigenvalue weighted by Gasteiger charge is 2.34. The third-order valence-electron chi connectivity index (χ3n) is 9.67. The van der Waals surface area contributed by atoms with Gasteiger partial charge in [-0.05, 0) is 55.5 Å².